The van der Waals surface area contributed by atoms with E-state index in [1.54, 1.807) is 36.7 Å². The van der Waals surface area contributed by atoms with Crippen LogP contribution in [0.25, 0.3) is 16.8 Å². The Bertz CT molecular complexity index is 2850. The molecule has 1 aliphatic carbocycles. The number of aromatic nitrogens is 4. The fourth-order valence-corrected chi connectivity index (χ4v) is 11.5. The Morgan fingerprint density at radius 1 is 0.851 bits per heavy atom. The van der Waals surface area contributed by atoms with Gasteiger partial charge in [0.15, 0.2) is 11.6 Å². The van der Waals surface area contributed by atoms with Crippen LogP contribution in [0.2, 0.25) is 5.02 Å². The molecule has 5 saturated heterocycles. The Morgan fingerprint density at radius 2 is 1.64 bits per heavy atom. The molecule has 6 aliphatic rings. The molecule has 5 aliphatic heterocycles. The highest BCUT2D eigenvalue weighted by atomic mass is 35.5. The standard InChI is InChI=1S/C49H51ClFN11O5/c50-31-9-13-53-40(21-31)55-47(67)30-3-6-36(38(51)19-30)42-43-45(52)54-14-18-62(43)48(57-42)58-16-11-49(12-17-58)26-61(27-49)33-10-15-59(23-33)34-24-60(25-34)32-5-7-35-37(22-32)44(65)29(20-39(35)63)2-1-28-4-8-41(64)56-46(28)66/h3,5-7,9,13-14,18-19,21-22,28-29,33-34H,1-2,4,8,10-12,15-17,20,23-27H2,(H2,52,54)(H,53,55,67)(H,56,64,66)/t28?,29?,33-/m0/s1. The van der Waals surface area contributed by atoms with Crippen LogP contribution in [0, 0.1) is 23.1 Å². The summed E-state index contributed by atoms with van der Waals surface area (Å²) in [6, 6.07) is 14.0. The number of likely N-dealkylation sites (tertiary alicyclic amines) is 2. The molecule has 3 atom stereocenters. The predicted molar refractivity (Wildman–Crippen MR) is 250 cm³/mol. The molecular weight excluding hydrogens is 877 g/mol. The van der Waals surface area contributed by atoms with Crippen LogP contribution >= 0.6 is 11.6 Å². The van der Waals surface area contributed by atoms with E-state index in [4.69, 9.17) is 22.3 Å². The van der Waals surface area contributed by atoms with Crippen LogP contribution in [0.1, 0.15) is 82.4 Å². The molecule has 18 heteroatoms. The molecule has 346 valence electrons. The second-order valence-corrected chi connectivity index (χ2v) is 19.8. The van der Waals surface area contributed by atoms with Crippen LogP contribution in [-0.2, 0) is 9.59 Å². The van der Waals surface area contributed by atoms with Crippen molar-refractivity contribution >= 4 is 69.7 Å². The van der Waals surface area contributed by atoms with Gasteiger partial charge in [0, 0.05) is 141 Å². The highest BCUT2D eigenvalue weighted by molar-refractivity contribution is 6.30. The number of fused-ring (bicyclic) bond motifs is 2. The SMILES string of the molecule is Nc1nccn2c(N3CCC4(CC3)CN([C@H]3CCN(C5CN(c6ccc7c(c6)C(=O)C(CCC6CCC(=O)NC6=O)CC7=O)C5)C3)C4)nc(-c3ccc(C(=O)Nc4cc(Cl)ccn4)cc3F)c12. The molecule has 0 saturated carbocycles. The number of nitrogen functional groups attached to an aromatic ring is 1. The number of hydrogen-bond acceptors (Lipinski definition) is 13. The number of rotatable bonds is 10. The minimum absolute atomic E-state index is 0.0265. The molecule has 1 spiro atoms. The topological polar surface area (TPSA) is 191 Å². The number of carbonyl (C=O) groups is 5. The van der Waals surface area contributed by atoms with Gasteiger partial charge in [0.1, 0.15) is 28.7 Å². The summed E-state index contributed by atoms with van der Waals surface area (Å²) in [5.74, 6) is -1.31. The Balaban J connectivity index is 0.677. The molecule has 3 aromatic heterocycles. The molecule has 3 amide bonds. The fraction of sp³-hybridized carbons (Fsp3) is 0.429. The summed E-state index contributed by atoms with van der Waals surface area (Å²) in [4.78, 5) is 86.8. The van der Waals surface area contributed by atoms with Crippen LogP contribution < -0.4 is 26.2 Å². The first kappa shape index (κ1) is 43.3. The molecule has 0 bridgehead atoms. The fourth-order valence-electron chi connectivity index (χ4n) is 11.3. The molecular formula is C49H51ClFN11O5. The Labute approximate surface area is 391 Å². The third kappa shape index (κ3) is 8.09. The van der Waals surface area contributed by atoms with Gasteiger partial charge in [0.25, 0.3) is 5.91 Å². The minimum atomic E-state index is -0.615. The number of nitrogens with zero attached hydrogens (tertiary/aromatic N) is 8. The summed E-state index contributed by atoms with van der Waals surface area (Å²) in [5, 5.41) is 5.46. The molecule has 4 N–H and O–H groups in total. The lowest BCUT2D eigenvalue weighted by Gasteiger charge is -2.56. The van der Waals surface area contributed by atoms with Gasteiger partial charge in [-0.1, -0.05) is 11.6 Å². The largest absolute Gasteiger partial charge is 0.382 e. The minimum Gasteiger partial charge on any atom is -0.382 e. The normalized spacial score (nSPS) is 23.3. The van der Waals surface area contributed by atoms with Crippen LogP contribution in [0.4, 0.5) is 27.7 Å². The van der Waals surface area contributed by atoms with E-state index in [9.17, 15) is 24.0 Å². The molecule has 0 radical (unpaired) electrons. The zero-order chi connectivity index (χ0) is 46.1. The predicted octanol–water partition coefficient (Wildman–Crippen LogP) is 5.50. The summed E-state index contributed by atoms with van der Waals surface area (Å²) in [7, 11) is 0. The van der Waals surface area contributed by atoms with E-state index in [2.05, 4.69) is 40.2 Å². The lowest BCUT2D eigenvalue weighted by molar-refractivity contribution is -0.136. The van der Waals surface area contributed by atoms with Crippen molar-refractivity contribution in [2.45, 2.75) is 63.5 Å². The number of imide groups is 1. The van der Waals surface area contributed by atoms with Gasteiger partial charge >= 0.3 is 0 Å². The smallest absolute Gasteiger partial charge is 0.256 e. The molecule has 16 nitrogen and oxygen atoms in total. The van der Waals surface area contributed by atoms with Crippen molar-refractivity contribution in [3.8, 4) is 11.3 Å². The van der Waals surface area contributed by atoms with Crippen molar-refractivity contribution in [1.82, 2.24) is 34.5 Å². The zero-order valence-corrected chi connectivity index (χ0v) is 37.7. The lowest BCUT2D eigenvalue weighted by Crippen LogP contribution is -2.64. The van der Waals surface area contributed by atoms with E-state index in [1.165, 1.54) is 18.3 Å². The van der Waals surface area contributed by atoms with Crippen LogP contribution in [0.3, 0.4) is 0 Å². The van der Waals surface area contributed by atoms with E-state index >= 15 is 4.39 Å². The number of pyridine rings is 1. The first-order valence-electron chi connectivity index (χ1n) is 23.3. The van der Waals surface area contributed by atoms with Gasteiger partial charge in [-0.05, 0) is 92.5 Å². The van der Waals surface area contributed by atoms with Gasteiger partial charge in [0.05, 0.1) is 0 Å². The van der Waals surface area contributed by atoms with Gasteiger partial charge in [-0.25, -0.2) is 19.3 Å². The molecule has 2 unspecified atom stereocenters. The second kappa shape index (κ2) is 17.1. The average molecular weight is 928 g/mol. The molecule has 5 aromatic rings. The monoisotopic (exact) mass is 927 g/mol. The van der Waals surface area contributed by atoms with Gasteiger partial charge in [0.2, 0.25) is 17.8 Å². The maximum absolute atomic E-state index is 15.9. The maximum Gasteiger partial charge on any atom is 0.256 e. The summed E-state index contributed by atoms with van der Waals surface area (Å²) >= 11 is 6.03. The zero-order valence-electron chi connectivity index (χ0n) is 36.9. The maximum atomic E-state index is 15.9. The highest BCUT2D eigenvalue weighted by Crippen LogP contribution is 2.45. The number of imidazole rings is 1. The number of hydrogen-bond donors (Lipinski definition) is 3. The molecule has 5 fully saturated rings. The van der Waals surface area contributed by atoms with Crippen LogP contribution in [-0.4, -0.2) is 123 Å². The van der Waals surface area contributed by atoms with Crippen molar-refractivity contribution in [3.63, 3.8) is 0 Å². The molecule has 8 heterocycles. The van der Waals surface area contributed by atoms with E-state index in [0.29, 0.717) is 71.1 Å². The molecule has 2 aromatic carbocycles. The molecule has 11 rings (SSSR count). The van der Waals surface area contributed by atoms with Crippen molar-refractivity contribution < 1.29 is 28.4 Å². The third-order valence-electron chi connectivity index (χ3n) is 15.2. The third-order valence-corrected chi connectivity index (χ3v) is 15.5. The number of Topliss-reactive ketones (excluding diaryl/α,β-unsaturated/α-hetero) is 2. The Hall–Kier alpha value is -6.30. The second-order valence-electron chi connectivity index (χ2n) is 19.3. The number of halogens is 2. The van der Waals surface area contributed by atoms with Crippen molar-refractivity contribution in [1.29, 1.82) is 0 Å². The van der Waals surface area contributed by atoms with E-state index in [1.807, 2.05) is 16.5 Å². The van der Waals surface area contributed by atoms with Crippen molar-refractivity contribution in [2.24, 2.45) is 17.3 Å². The number of benzene rings is 2. The van der Waals surface area contributed by atoms with E-state index in [-0.39, 0.29) is 63.9 Å². The molecule has 67 heavy (non-hydrogen) atoms. The van der Waals surface area contributed by atoms with E-state index in [0.717, 1.165) is 77.3 Å². The summed E-state index contributed by atoms with van der Waals surface area (Å²) in [6.45, 7) is 7.56. The van der Waals surface area contributed by atoms with Gasteiger partial charge in [-0.15, -0.1) is 0 Å². The van der Waals surface area contributed by atoms with Gasteiger partial charge in [-0.3, -0.25) is 43.5 Å². The van der Waals surface area contributed by atoms with E-state index < -0.39 is 17.6 Å². The Morgan fingerprint density at radius 3 is 2.42 bits per heavy atom. The summed E-state index contributed by atoms with van der Waals surface area (Å²) in [6.07, 6.45) is 9.94. The quantitative estimate of drug-likeness (QED) is 0.149. The van der Waals surface area contributed by atoms with Crippen LogP contribution in [0.15, 0.2) is 67.1 Å². The number of nitrogens with one attached hydrogen (secondary N) is 2. The average Bonchev–Trinajstić information content (AvgIpc) is 3.93. The number of nitrogens with two attached hydrogens (primary N) is 1. The van der Waals surface area contributed by atoms with Crippen LogP contribution in [0.5, 0.6) is 0 Å². The first-order valence-corrected chi connectivity index (χ1v) is 23.6. The number of amides is 3. The number of ketones is 2. The van der Waals surface area contributed by atoms with Crippen molar-refractivity contribution in [3.05, 3.63) is 94.7 Å². The van der Waals surface area contributed by atoms with Gasteiger partial charge in [-0.2, -0.15) is 0 Å². The summed E-state index contributed by atoms with van der Waals surface area (Å²) < 4.78 is 17.8. The Kier molecular flexibility index (Phi) is 11.0. The lowest BCUT2D eigenvalue weighted by atomic mass is 9.71. The van der Waals surface area contributed by atoms with Crippen molar-refractivity contribution in [2.75, 3.05) is 73.2 Å². The summed E-state index contributed by atoms with van der Waals surface area (Å²) in [5.41, 5.74) is 9.80. The number of piperidine rings is 2. The van der Waals surface area contributed by atoms with Gasteiger partial charge < -0.3 is 20.9 Å². The first-order chi connectivity index (χ1) is 32.4. The number of anilines is 4. The highest BCUT2D eigenvalue weighted by Gasteiger charge is 2.49. The number of carbonyl (C=O) groups excluding carboxylic acids is 5.